The zero-order valence-corrected chi connectivity index (χ0v) is 15.0. The van der Waals surface area contributed by atoms with Crippen LogP contribution in [0.15, 0.2) is 54.9 Å². The zero-order valence-electron chi connectivity index (χ0n) is 14.1. The number of ether oxygens (including phenoxy) is 1. The van der Waals surface area contributed by atoms with Gasteiger partial charge in [0.1, 0.15) is 17.9 Å². The number of para-hydroxylation sites is 2. The van der Waals surface area contributed by atoms with Crippen LogP contribution >= 0.6 is 12.2 Å². The molecule has 0 aliphatic heterocycles. The summed E-state index contributed by atoms with van der Waals surface area (Å²) in [5.41, 5.74) is 1.69. The molecule has 1 aromatic heterocycles. The standard InChI is InChI=1S/C18H18FN5OS/c1-2-25-16-6-4-3-5-15(16)21-18(26)22-17-20-12-24(23-17)11-13-7-9-14(19)10-8-13/h3-10,12H,2,11H2,1H3,(H2,21,22,23,26). The Labute approximate surface area is 156 Å². The molecule has 0 saturated carbocycles. The highest BCUT2D eigenvalue weighted by atomic mass is 32.1. The number of thiocarbonyl (C=S) groups is 1. The lowest BCUT2D eigenvalue weighted by Gasteiger charge is -2.12. The van der Waals surface area contributed by atoms with E-state index in [0.717, 1.165) is 11.3 Å². The molecule has 0 unspecified atom stereocenters. The largest absolute Gasteiger partial charge is 0.492 e. The maximum atomic E-state index is 13.0. The van der Waals surface area contributed by atoms with Crippen LogP contribution in [0.3, 0.4) is 0 Å². The quantitative estimate of drug-likeness (QED) is 0.645. The molecule has 0 saturated heterocycles. The van der Waals surface area contributed by atoms with Gasteiger partial charge in [-0.2, -0.15) is 0 Å². The number of benzene rings is 2. The van der Waals surface area contributed by atoms with Crippen molar-refractivity contribution in [2.24, 2.45) is 0 Å². The predicted octanol–water partition coefficient (Wildman–Crippen LogP) is 3.67. The minimum Gasteiger partial charge on any atom is -0.492 e. The third-order valence-corrected chi connectivity index (χ3v) is 3.66. The van der Waals surface area contributed by atoms with Gasteiger partial charge in [-0.25, -0.2) is 14.1 Å². The van der Waals surface area contributed by atoms with Crippen LogP contribution < -0.4 is 15.4 Å². The summed E-state index contributed by atoms with van der Waals surface area (Å²) in [7, 11) is 0. The van der Waals surface area contributed by atoms with Gasteiger partial charge in [0.15, 0.2) is 5.11 Å². The highest BCUT2D eigenvalue weighted by molar-refractivity contribution is 7.80. The second-order valence-corrected chi connectivity index (χ2v) is 5.81. The normalized spacial score (nSPS) is 10.4. The van der Waals surface area contributed by atoms with E-state index in [9.17, 15) is 4.39 Å². The second-order valence-electron chi connectivity index (χ2n) is 5.40. The molecule has 0 aliphatic rings. The predicted molar refractivity (Wildman–Crippen MR) is 103 cm³/mol. The summed E-state index contributed by atoms with van der Waals surface area (Å²) in [6.45, 7) is 2.97. The Hall–Kier alpha value is -3.00. The van der Waals surface area contributed by atoms with Crippen molar-refractivity contribution in [2.75, 3.05) is 17.2 Å². The molecule has 0 aliphatic carbocycles. The number of anilines is 2. The van der Waals surface area contributed by atoms with Gasteiger partial charge >= 0.3 is 0 Å². The molecule has 3 aromatic rings. The Balaban J connectivity index is 1.60. The van der Waals surface area contributed by atoms with Crippen molar-refractivity contribution in [2.45, 2.75) is 13.5 Å². The Morgan fingerprint density at radius 1 is 1.15 bits per heavy atom. The molecule has 134 valence electrons. The van der Waals surface area contributed by atoms with Gasteiger partial charge in [0.05, 0.1) is 18.8 Å². The summed E-state index contributed by atoms with van der Waals surface area (Å²) >= 11 is 5.31. The first-order valence-corrected chi connectivity index (χ1v) is 8.48. The van der Waals surface area contributed by atoms with E-state index in [1.54, 1.807) is 23.1 Å². The van der Waals surface area contributed by atoms with Crippen LogP contribution in [0.1, 0.15) is 12.5 Å². The van der Waals surface area contributed by atoms with Gasteiger partial charge < -0.3 is 10.1 Å². The molecule has 0 fully saturated rings. The first kappa shape index (κ1) is 17.8. The van der Waals surface area contributed by atoms with Gasteiger partial charge in [0.2, 0.25) is 5.95 Å². The molecule has 2 N–H and O–H groups in total. The number of halogens is 1. The van der Waals surface area contributed by atoms with E-state index >= 15 is 0 Å². The molecule has 26 heavy (non-hydrogen) atoms. The van der Waals surface area contributed by atoms with Crippen molar-refractivity contribution in [1.29, 1.82) is 0 Å². The molecule has 0 bridgehead atoms. The van der Waals surface area contributed by atoms with Crippen molar-refractivity contribution in [3.8, 4) is 5.75 Å². The third kappa shape index (κ3) is 4.76. The summed E-state index contributed by atoms with van der Waals surface area (Å²) in [5.74, 6) is 0.825. The lowest BCUT2D eigenvalue weighted by Crippen LogP contribution is -2.20. The number of aromatic nitrogens is 3. The fraction of sp³-hybridized carbons (Fsp3) is 0.167. The maximum Gasteiger partial charge on any atom is 0.248 e. The third-order valence-electron chi connectivity index (χ3n) is 3.45. The Morgan fingerprint density at radius 2 is 1.92 bits per heavy atom. The number of rotatable bonds is 6. The van der Waals surface area contributed by atoms with Gasteiger partial charge in [-0.1, -0.05) is 24.3 Å². The van der Waals surface area contributed by atoms with E-state index in [0.29, 0.717) is 30.0 Å². The Morgan fingerprint density at radius 3 is 2.69 bits per heavy atom. The lowest BCUT2D eigenvalue weighted by atomic mass is 10.2. The molecule has 8 heteroatoms. The number of hydrogen-bond donors (Lipinski definition) is 2. The molecule has 0 spiro atoms. The van der Waals surface area contributed by atoms with Crippen LogP contribution in [0.4, 0.5) is 16.0 Å². The molecule has 0 radical (unpaired) electrons. The van der Waals surface area contributed by atoms with Crippen LogP contribution in [-0.4, -0.2) is 26.5 Å². The number of nitrogens with zero attached hydrogens (tertiary/aromatic N) is 3. The first-order chi connectivity index (χ1) is 12.6. The average Bonchev–Trinajstić information content (AvgIpc) is 3.05. The highest BCUT2D eigenvalue weighted by Crippen LogP contribution is 2.23. The Kier molecular flexibility index (Phi) is 5.75. The van der Waals surface area contributed by atoms with Crippen LogP contribution in [0, 0.1) is 5.82 Å². The van der Waals surface area contributed by atoms with E-state index in [4.69, 9.17) is 17.0 Å². The van der Waals surface area contributed by atoms with Crippen LogP contribution in [0.2, 0.25) is 0 Å². The van der Waals surface area contributed by atoms with Crippen molar-refractivity contribution in [1.82, 2.24) is 14.8 Å². The zero-order chi connectivity index (χ0) is 18.4. The summed E-state index contributed by atoms with van der Waals surface area (Å²) in [4.78, 5) is 4.18. The van der Waals surface area contributed by atoms with Gasteiger partial charge in [-0.15, -0.1) is 5.10 Å². The number of hydrogen-bond acceptors (Lipinski definition) is 4. The molecule has 6 nitrogen and oxygen atoms in total. The molecule has 2 aromatic carbocycles. The molecule has 3 rings (SSSR count). The minimum atomic E-state index is -0.265. The number of nitrogens with one attached hydrogen (secondary N) is 2. The van der Waals surface area contributed by atoms with Gasteiger partial charge in [0, 0.05) is 0 Å². The van der Waals surface area contributed by atoms with E-state index in [1.165, 1.54) is 12.1 Å². The van der Waals surface area contributed by atoms with Crippen molar-refractivity contribution >= 4 is 29.0 Å². The van der Waals surface area contributed by atoms with Gasteiger partial charge in [-0.3, -0.25) is 5.32 Å². The van der Waals surface area contributed by atoms with Gasteiger partial charge in [0.25, 0.3) is 0 Å². The maximum absolute atomic E-state index is 13.0. The molecule has 0 amide bonds. The summed E-state index contributed by atoms with van der Waals surface area (Å²) in [5, 5.41) is 10.7. The van der Waals surface area contributed by atoms with Crippen LogP contribution in [0.5, 0.6) is 5.75 Å². The summed E-state index contributed by atoms with van der Waals surface area (Å²) < 4.78 is 20.2. The fourth-order valence-corrected chi connectivity index (χ4v) is 2.51. The van der Waals surface area contributed by atoms with E-state index in [1.807, 2.05) is 31.2 Å². The monoisotopic (exact) mass is 371 g/mol. The first-order valence-electron chi connectivity index (χ1n) is 8.08. The molecule has 0 atom stereocenters. The Bertz CT molecular complexity index is 881. The fourth-order valence-electron chi connectivity index (χ4n) is 2.31. The van der Waals surface area contributed by atoms with E-state index < -0.39 is 0 Å². The molecular weight excluding hydrogens is 353 g/mol. The SMILES string of the molecule is CCOc1ccccc1NC(=S)Nc1ncn(Cc2ccc(F)cc2)n1. The average molecular weight is 371 g/mol. The second kappa shape index (κ2) is 8.39. The van der Waals surface area contributed by atoms with Crippen LogP contribution in [0.25, 0.3) is 0 Å². The molecular formula is C18H18FN5OS. The van der Waals surface area contributed by atoms with Crippen molar-refractivity contribution < 1.29 is 9.13 Å². The van der Waals surface area contributed by atoms with Crippen molar-refractivity contribution in [3.05, 3.63) is 66.2 Å². The van der Waals surface area contributed by atoms with E-state index in [2.05, 4.69) is 20.7 Å². The smallest absolute Gasteiger partial charge is 0.248 e. The molecule has 1 heterocycles. The minimum absolute atomic E-state index is 0.265. The lowest BCUT2D eigenvalue weighted by molar-refractivity contribution is 0.342. The van der Waals surface area contributed by atoms with E-state index in [-0.39, 0.29) is 5.82 Å². The van der Waals surface area contributed by atoms with Gasteiger partial charge in [-0.05, 0) is 49.0 Å². The summed E-state index contributed by atoms with van der Waals surface area (Å²) in [6, 6.07) is 13.8. The highest BCUT2D eigenvalue weighted by Gasteiger charge is 2.07. The summed E-state index contributed by atoms with van der Waals surface area (Å²) in [6.07, 6.45) is 1.59. The topological polar surface area (TPSA) is 64.0 Å². The van der Waals surface area contributed by atoms with Crippen LogP contribution in [-0.2, 0) is 6.54 Å². The van der Waals surface area contributed by atoms with Crippen molar-refractivity contribution in [3.63, 3.8) is 0 Å².